The molecule has 2 aromatic carbocycles. The van der Waals surface area contributed by atoms with Gasteiger partial charge in [-0.15, -0.1) is 0 Å². The molecule has 1 nitrogen and oxygen atoms in total. The van der Waals surface area contributed by atoms with Crippen LogP contribution in [0.15, 0.2) is 54.7 Å². The highest BCUT2D eigenvalue weighted by Gasteiger charge is 2.47. The van der Waals surface area contributed by atoms with E-state index in [1.54, 1.807) is 48.9 Å². The molecule has 0 radical (unpaired) electrons. The zero-order valence-electron chi connectivity index (χ0n) is 16.4. The molecule has 120 valence electrons. The molecular weight excluding hydrogens is 304 g/mol. The summed E-state index contributed by atoms with van der Waals surface area (Å²) in [5.41, 5.74) is 2.97. The molecule has 0 bridgehead atoms. The molecule has 0 spiro atoms. The van der Waals surface area contributed by atoms with Crippen LogP contribution in [0.1, 0.15) is 26.4 Å². The van der Waals surface area contributed by atoms with E-state index < -0.39 is 12.8 Å². The molecule has 1 heterocycles. The van der Waals surface area contributed by atoms with Gasteiger partial charge in [-0.3, -0.25) is 0 Å². The number of hydrogen-bond acceptors (Lipinski definition) is 0. The molecular formula is C21H18F2N+. The van der Waals surface area contributed by atoms with Gasteiger partial charge in [0.15, 0.2) is 6.20 Å². The van der Waals surface area contributed by atoms with E-state index in [-0.39, 0.29) is 16.7 Å². The van der Waals surface area contributed by atoms with Crippen molar-refractivity contribution in [2.24, 2.45) is 7.05 Å². The van der Waals surface area contributed by atoms with Crippen molar-refractivity contribution in [2.45, 2.75) is 19.7 Å². The number of pyridine rings is 1. The van der Waals surface area contributed by atoms with E-state index in [9.17, 15) is 0 Å². The summed E-state index contributed by atoms with van der Waals surface area (Å²) in [6.07, 6.45) is 1.49. The van der Waals surface area contributed by atoms with Crippen molar-refractivity contribution in [1.29, 1.82) is 0 Å². The first-order chi connectivity index (χ1) is 12.6. The summed E-state index contributed by atoms with van der Waals surface area (Å²) < 4.78 is 55.0. The van der Waals surface area contributed by atoms with Crippen LogP contribution in [0, 0.1) is 13.8 Å². The second-order valence-electron chi connectivity index (χ2n) is 6.21. The molecule has 0 atom stereocenters. The molecule has 3 heteroatoms. The van der Waals surface area contributed by atoms with Gasteiger partial charge in [0.1, 0.15) is 7.05 Å². The predicted molar refractivity (Wildman–Crippen MR) is 91.0 cm³/mol. The Kier molecular flexibility index (Phi) is 2.47. The third-order valence-corrected chi connectivity index (χ3v) is 4.67. The first-order valence-corrected chi connectivity index (χ1v) is 7.74. The van der Waals surface area contributed by atoms with Crippen molar-refractivity contribution in [3.05, 3.63) is 77.0 Å². The fraction of sp³-hybridized carbons (Fsp3) is 0.190. The van der Waals surface area contributed by atoms with E-state index in [0.29, 0.717) is 22.4 Å². The first kappa shape index (κ1) is 11.9. The minimum atomic E-state index is -3.11. The SMILES string of the molecule is [2H]C([2H])([2H])c1ccc(-c2c(C)ccc3c2C(F)(F)c2ccccc2-3)[n+](C)c1. The van der Waals surface area contributed by atoms with Crippen LogP contribution in [-0.4, -0.2) is 0 Å². The lowest BCUT2D eigenvalue weighted by molar-refractivity contribution is -0.660. The Labute approximate surface area is 144 Å². The van der Waals surface area contributed by atoms with Crippen molar-refractivity contribution in [1.82, 2.24) is 0 Å². The number of aromatic nitrogens is 1. The Morgan fingerprint density at radius 1 is 1.00 bits per heavy atom. The summed E-state index contributed by atoms with van der Waals surface area (Å²) in [7, 11) is 1.68. The Bertz CT molecular complexity index is 1070. The van der Waals surface area contributed by atoms with Crippen LogP contribution in [-0.2, 0) is 13.0 Å². The normalized spacial score (nSPS) is 16.8. The fourth-order valence-corrected chi connectivity index (χ4v) is 3.58. The number of benzene rings is 2. The number of halogens is 2. The number of fused-ring (bicyclic) bond motifs is 3. The lowest BCUT2D eigenvalue weighted by Crippen LogP contribution is -2.32. The molecule has 0 saturated heterocycles. The number of hydrogen-bond donors (Lipinski definition) is 0. The Hall–Kier alpha value is -2.55. The standard InChI is InChI=1S/C21H18F2N/c1-13-8-11-18(24(3)12-13)19-14(2)9-10-16-15-6-4-5-7-17(15)21(22,23)20(16)19/h4-12H,1-3H3/q+1/i1D3. The molecule has 0 amide bonds. The lowest BCUT2D eigenvalue weighted by Gasteiger charge is -2.17. The van der Waals surface area contributed by atoms with Crippen LogP contribution in [0.3, 0.4) is 0 Å². The third-order valence-electron chi connectivity index (χ3n) is 4.67. The summed E-state index contributed by atoms with van der Waals surface area (Å²) in [6, 6.07) is 13.2. The van der Waals surface area contributed by atoms with Gasteiger partial charge in [0.05, 0.1) is 5.56 Å². The van der Waals surface area contributed by atoms with Crippen LogP contribution in [0.25, 0.3) is 22.4 Å². The monoisotopic (exact) mass is 325 g/mol. The van der Waals surface area contributed by atoms with Crippen molar-refractivity contribution >= 4 is 0 Å². The van der Waals surface area contributed by atoms with Gasteiger partial charge in [-0.1, -0.05) is 36.4 Å². The second kappa shape index (κ2) is 4.97. The molecule has 1 aliphatic carbocycles. The largest absolute Gasteiger partial charge is 0.300 e. The second-order valence-corrected chi connectivity index (χ2v) is 6.21. The quantitative estimate of drug-likeness (QED) is 0.559. The topological polar surface area (TPSA) is 3.88 Å². The summed E-state index contributed by atoms with van der Waals surface area (Å²) in [5, 5.41) is 0. The van der Waals surface area contributed by atoms with Crippen LogP contribution >= 0.6 is 0 Å². The molecule has 3 aromatic rings. The molecule has 0 unspecified atom stereocenters. The van der Waals surface area contributed by atoms with Gasteiger partial charge in [-0.05, 0) is 36.5 Å². The summed E-state index contributed by atoms with van der Waals surface area (Å²) in [5.74, 6) is -3.11. The maximum absolute atomic E-state index is 15.4. The summed E-state index contributed by atoms with van der Waals surface area (Å²) in [4.78, 5) is 0. The maximum atomic E-state index is 15.4. The van der Waals surface area contributed by atoms with Gasteiger partial charge < -0.3 is 0 Å². The van der Waals surface area contributed by atoms with E-state index in [4.69, 9.17) is 4.11 Å². The molecule has 1 aromatic heterocycles. The Balaban J connectivity index is 2.01. The fourth-order valence-electron chi connectivity index (χ4n) is 3.58. The van der Waals surface area contributed by atoms with E-state index >= 15 is 8.78 Å². The van der Waals surface area contributed by atoms with Gasteiger partial charge in [0.2, 0.25) is 5.69 Å². The lowest BCUT2D eigenvalue weighted by atomic mass is 9.92. The molecule has 24 heavy (non-hydrogen) atoms. The number of aryl methyl sites for hydroxylation is 3. The number of rotatable bonds is 1. The van der Waals surface area contributed by atoms with Crippen LogP contribution in [0.5, 0.6) is 0 Å². The van der Waals surface area contributed by atoms with Gasteiger partial charge in [0.25, 0.3) is 5.92 Å². The van der Waals surface area contributed by atoms with Crippen molar-refractivity contribution in [2.75, 3.05) is 0 Å². The van der Waals surface area contributed by atoms with Gasteiger partial charge in [-0.25, -0.2) is 4.57 Å². The number of alkyl halides is 2. The molecule has 0 fully saturated rings. The smallest absolute Gasteiger partial charge is 0.201 e. The number of nitrogens with zero attached hydrogens (tertiary/aromatic N) is 1. The predicted octanol–water partition coefficient (Wildman–Crippen LogP) is 4.92. The highest BCUT2D eigenvalue weighted by atomic mass is 19.3. The summed E-state index contributed by atoms with van der Waals surface area (Å²) in [6.45, 7) is -0.448. The van der Waals surface area contributed by atoms with E-state index in [0.717, 1.165) is 5.56 Å². The third kappa shape index (κ3) is 1.94. The van der Waals surface area contributed by atoms with Gasteiger partial charge in [-0.2, -0.15) is 8.78 Å². The van der Waals surface area contributed by atoms with Crippen LogP contribution in [0.4, 0.5) is 8.78 Å². The van der Waals surface area contributed by atoms with Gasteiger partial charge >= 0.3 is 0 Å². The summed E-state index contributed by atoms with van der Waals surface area (Å²) >= 11 is 0. The van der Waals surface area contributed by atoms with Crippen LogP contribution in [0.2, 0.25) is 0 Å². The molecule has 0 N–H and O–H groups in total. The molecule has 0 aliphatic heterocycles. The minimum Gasteiger partial charge on any atom is -0.201 e. The van der Waals surface area contributed by atoms with Crippen molar-refractivity contribution < 1.29 is 17.5 Å². The minimum absolute atomic E-state index is 0.00798. The average molecular weight is 325 g/mol. The Morgan fingerprint density at radius 2 is 1.79 bits per heavy atom. The maximum Gasteiger partial charge on any atom is 0.300 e. The highest BCUT2D eigenvalue weighted by molar-refractivity contribution is 5.87. The van der Waals surface area contributed by atoms with E-state index in [1.165, 1.54) is 18.3 Å². The van der Waals surface area contributed by atoms with E-state index in [1.807, 2.05) is 6.07 Å². The molecule has 4 rings (SSSR count). The first-order valence-electron chi connectivity index (χ1n) is 9.24. The van der Waals surface area contributed by atoms with Gasteiger partial charge in [0, 0.05) is 26.9 Å². The molecule has 0 saturated carbocycles. The average Bonchev–Trinajstić information content (AvgIpc) is 2.83. The highest BCUT2D eigenvalue weighted by Crippen LogP contribution is 2.54. The Morgan fingerprint density at radius 3 is 2.54 bits per heavy atom. The zero-order chi connectivity index (χ0) is 19.6. The van der Waals surface area contributed by atoms with E-state index in [2.05, 4.69) is 0 Å². The zero-order valence-corrected chi connectivity index (χ0v) is 13.4. The van der Waals surface area contributed by atoms with Crippen molar-refractivity contribution in [3.63, 3.8) is 0 Å². The van der Waals surface area contributed by atoms with Crippen molar-refractivity contribution in [3.8, 4) is 22.4 Å². The molecule has 1 aliphatic rings. The van der Waals surface area contributed by atoms with Crippen LogP contribution < -0.4 is 4.57 Å².